The Hall–Kier alpha value is -2.24. The minimum Gasteiger partial charge on any atom is -0.495 e. The number of aromatic nitrogens is 2. The van der Waals surface area contributed by atoms with Gasteiger partial charge in [0.2, 0.25) is 0 Å². The van der Waals surface area contributed by atoms with Gasteiger partial charge in [0.1, 0.15) is 12.4 Å². The van der Waals surface area contributed by atoms with Crippen LogP contribution in [0.5, 0.6) is 5.75 Å². The molecule has 0 saturated carbocycles. The third kappa shape index (κ3) is 4.42. The van der Waals surface area contributed by atoms with Crippen LogP contribution in [0.25, 0.3) is 0 Å². The van der Waals surface area contributed by atoms with E-state index in [9.17, 15) is 4.79 Å². The number of anilines is 1. The molecule has 30 heavy (non-hydrogen) atoms. The minimum atomic E-state index is -0.593. The van der Waals surface area contributed by atoms with E-state index in [0.717, 1.165) is 25.1 Å². The first-order chi connectivity index (χ1) is 14.4. The highest BCUT2D eigenvalue weighted by atomic mass is 35.5. The van der Waals surface area contributed by atoms with Crippen LogP contribution >= 0.6 is 23.2 Å². The van der Waals surface area contributed by atoms with Gasteiger partial charge >= 0.3 is 0 Å². The highest BCUT2D eigenvalue weighted by molar-refractivity contribution is 6.32. The number of ether oxygens (including phenoxy) is 1. The summed E-state index contributed by atoms with van der Waals surface area (Å²) >= 11 is 12.5. The summed E-state index contributed by atoms with van der Waals surface area (Å²) in [7, 11) is 1.59. The maximum Gasteiger partial charge on any atom is 0.161 e. The van der Waals surface area contributed by atoms with Crippen molar-refractivity contribution in [2.75, 3.05) is 38.3 Å². The molecule has 7 nitrogen and oxygen atoms in total. The van der Waals surface area contributed by atoms with Crippen LogP contribution < -0.4 is 9.64 Å². The average Bonchev–Trinajstić information content (AvgIpc) is 3.02. The Kier molecular flexibility index (Phi) is 7.27. The van der Waals surface area contributed by atoms with Gasteiger partial charge in [-0.15, -0.1) is 0 Å². The molecule has 0 bridgehead atoms. The quantitative estimate of drug-likeness (QED) is 0.557. The lowest BCUT2D eigenvalue weighted by atomic mass is 10.1. The summed E-state index contributed by atoms with van der Waals surface area (Å²) in [5, 5.41) is 14.3. The molecule has 9 heteroatoms. The third-order valence-electron chi connectivity index (χ3n) is 5.25. The summed E-state index contributed by atoms with van der Waals surface area (Å²) in [6.45, 7) is 5.70. The van der Waals surface area contributed by atoms with Crippen LogP contribution in [0, 0.1) is 18.8 Å². The molecule has 3 rings (SSSR count). The van der Waals surface area contributed by atoms with E-state index in [4.69, 9.17) is 33.0 Å². The zero-order valence-corrected chi connectivity index (χ0v) is 18.6. The Bertz CT molecular complexity index is 983. The monoisotopic (exact) mass is 450 g/mol. The molecule has 1 aromatic carbocycles. The van der Waals surface area contributed by atoms with Crippen LogP contribution in [-0.2, 0) is 4.79 Å². The molecule has 0 aliphatic carbocycles. The van der Waals surface area contributed by atoms with E-state index in [1.807, 2.05) is 18.2 Å². The van der Waals surface area contributed by atoms with Crippen LogP contribution in [0.1, 0.15) is 24.5 Å². The molecule has 0 spiro atoms. The molecule has 1 N–H and O–H groups in total. The van der Waals surface area contributed by atoms with Crippen LogP contribution in [-0.4, -0.2) is 65.5 Å². The minimum absolute atomic E-state index is 0.0741. The summed E-state index contributed by atoms with van der Waals surface area (Å²) < 4.78 is 6.93. The van der Waals surface area contributed by atoms with Gasteiger partial charge in [-0.3, -0.25) is 9.69 Å². The number of aldehydes is 1. The molecule has 0 amide bonds. The van der Waals surface area contributed by atoms with E-state index in [-0.39, 0.29) is 12.6 Å². The maximum absolute atomic E-state index is 12.0. The van der Waals surface area contributed by atoms with Gasteiger partial charge in [-0.25, -0.2) is 4.68 Å². The Morgan fingerprint density at radius 3 is 2.80 bits per heavy atom. The molecule has 0 radical (unpaired) electrons. The van der Waals surface area contributed by atoms with E-state index in [0.29, 0.717) is 33.7 Å². The number of nitrogens with zero attached hydrogens (tertiary/aromatic N) is 4. The van der Waals surface area contributed by atoms with Crippen molar-refractivity contribution in [1.29, 1.82) is 0 Å². The second-order valence-electron chi connectivity index (χ2n) is 7.05. The number of methoxy groups -OCH3 is 1. The number of benzene rings is 1. The predicted octanol–water partition coefficient (Wildman–Crippen LogP) is 2.76. The molecule has 2 atom stereocenters. The van der Waals surface area contributed by atoms with Crippen LogP contribution in [0.4, 0.5) is 5.69 Å². The number of aliphatic hydroxyl groups is 1. The molecular formula is C21H24Cl2N4O3. The lowest BCUT2D eigenvalue weighted by Crippen LogP contribution is -2.54. The lowest BCUT2D eigenvalue weighted by Gasteiger charge is -2.43. The smallest absolute Gasteiger partial charge is 0.161 e. The Labute approximate surface area is 186 Å². The highest BCUT2D eigenvalue weighted by Crippen LogP contribution is 2.32. The summed E-state index contributed by atoms with van der Waals surface area (Å²) in [4.78, 5) is 16.4. The molecule has 1 unspecified atom stereocenters. The van der Waals surface area contributed by atoms with E-state index < -0.39 is 6.17 Å². The van der Waals surface area contributed by atoms with Crippen molar-refractivity contribution in [3.05, 3.63) is 39.6 Å². The number of hydrogen-bond acceptors (Lipinski definition) is 6. The molecule has 1 aliphatic heterocycles. The number of hydrogen-bond donors (Lipinski definition) is 1. The second kappa shape index (κ2) is 9.71. The Balaban J connectivity index is 1.81. The molecule has 1 saturated heterocycles. The van der Waals surface area contributed by atoms with E-state index in [2.05, 4.69) is 33.7 Å². The Morgan fingerprint density at radius 1 is 1.40 bits per heavy atom. The van der Waals surface area contributed by atoms with Crippen LogP contribution in [0.3, 0.4) is 0 Å². The number of carbonyl (C=O) groups excluding carboxylic acids is 1. The summed E-state index contributed by atoms with van der Waals surface area (Å²) in [6.07, 6.45) is 0.279. The largest absolute Gasteiger partial charge is 0.495 e. The Morgan fingerprint density at radius 2 is 2.17 bits per heavy atom. The number of piperazine rings is 1. The van der Waals surface area contributed by atoms with Gasteiger partial charge in [0.05, 0.1) is 22.8 Å². The van der Waals surface area contributed by atoms with Crippen molar-refractivity contribution >= 4 is 35.2 Å². The van der Waals surface area contributed by atoms with Crippen LogP contribution in [0.15, 0.2) is 18.2 Å². The van der Waals surface area contributed by atoms with Crippen molar-refractivity contribution < 1.29 is 14.6 Å². The standard InChI is InChI=1S/C21H24Cl2N4O3/c1-14-12-25(16-6-7-17(22)19(11-16)30-3)8-9-26(14)20(13-29)27-15(2)21(23)18(24-27)5-4-10-28/h6-7,11,13-14,20,28H,8-10,12H2,1-3H3/t14-,20?/m0/s1. The fraction of sp³-hybridized carbons (Fsp3) is 0.429. The normalized spacial score (nSPS) is 17.9. The zero-order chi connectivity index (χ0) is 21.8. The highest BCUT2D eigenvalue weighted by Gasteiger charge is 2.32. The van der Waals surface area contributed by atoms with Gasteiger partial charge in [0.25, 0.3) is 0 Å². The van der Waals surface area contributed by atoms with Gasteiger partial charge in [0.15, 0.2) is 18.1 Å². The fourth-order valence-electron chi connectivity index (χ4n) is 3.68. The van der Waals surface area contributed by atoms with Crippen molar-refractivity contribution in [2.45, 2.75) is 26.1 Å². The van der Waals surface area contributed by atoms with E-state index >= 15 is 0 Å². The number of carbonyl (C=O) groups is 1. The van der Waals surface area contributed by atoms with Gasteiger partial charge in [-0.05, 0) is 31.9 Å². The molecule has 1 fully saturated rings. The first-order valence-electron chi connectivity index (χ1n) is 9.55. The fourth-order valence-corrected chi connectivity index (χ4v) is 4.05. The first kappa shape index (κ1) is 22.4. The molecular weight excluding hydrogens is 427 g/mol. The van der Waals surface area contributed by atoms with Crippen molar-refractivity contribution in [3.63, 3.8) is 0 Å². The predicted molar refractivity (Wildman–Crippen MR) is 117 cm³/mol. The second-order valence-corrected chi connectivity index (χ2v) is 7.84. The van der Waals surface area contributed by atoms with Crippen molar-refractivity contribution in [2.24, 2.45) is 0 Å². The molecule has 1 aliphatic rings. The van der Waals surface area contributed by atoms with Crippen LogP contribution in [0.2, 0.25) is 10.0 Å². The van der Waals surface area contributed by atoms with Crippen molar-refractivity contribution in [1.82, 2.24) is 14.7 Å². The summed E-state index contributed by atoms with van der Waals surface area (Å²) in [5.74, 6) is 5.91. The topological polar surface area (TPSA) is 70.8 Å². The molecule has 2 aromatic rings. The van der Waals surface area contributed by atoms with E-state index in [1.165, 1.54) is 0 Å². The summed E-state index contributed by atoms with van der Waals surface area (Å²) in [5.41, 5.74) is 2.04. The van der Waals surface area contributed by atoms with E-state index in [1.54, 1.807) is 18.7 Å². The molecule has 1 aromatic heterocycles. The van der Waals surface area contributed by atoms with Gasteiger partial charge in [0, 0.05) is 37.4 Å². The van der Waals surface area contributed by atoms with Crippen molar-refractivity contribution in [3.8, 4) is 17.6 Å². The molecule has 2 heterocycles. The first-order valence-corrected chi connectivity index (χ1v) is 10.3. The van der Waals surface area contributed by atoms with Gasteiger partial charge in [-0.1, -0.05) is 29.1 Å². The lowest BCUT2D eigenvalue weighted by molar-refractivity contribution is -0.117. The maximum atomic E-state index is 12.0. The average molecular weight is 451 g/mol. The number of rotatable bonds is 5. The SMILES string of the molecule is COc1cc(N2CCN(C(C=O)n3nc(C#CCO)c(Cl)c3C)[C@@H](C)C2)ccc1Cl. The number of aliphatic hydroxyl groups excluding tert-OH is 1. The van der Waals surface area contributed by atoms with Gasteiger partial charge in [-0.2, -0.15) is 5.10 Å². The number of halogens is 2. The zero-order valence-electron chi connectivity index (χ0n) is 17.1. The summed E-state index contributed by atoms with van der Waals surface area (Å²) in [6, 6.07) is 5.79. The third-order valence-corrected chi connectivity index (χ3v) is 6.02. The van der Waals surface area contributed by atoms with Gasteiger partial charge < -0.3 is 14.7 Å². The molecule has 160 valence electrons.